The number of rotatable bonds is 5. The summed E-state index contributed by atoms with van der Waals surface area (Å²) in [7, 11) is -2.06. The Hall–Kier alpha value is -0.573. The molecule has 0 saturated heterocycles. The van der Waals surface area contributed by atoms with Crippen LogP contribution in [0.25, 0.3) is 0 Å². The summed E-state index contributed by atoms with van der Waals surface area (Å²) >= 11 is 6.26. The van der Waals surface area contributed by atoms with Gasteiger partial charge < -0.3 is 4.43 Å². The molecule has 0 fully saturated rings. The van der Waals surface area contributed by atoms with Crippen molar-refractivity contribution in [3.8, 4) is 0 Å². The summed E-state index contributed by atoms with van der Waals surface area (Å²) < 4.78 is 6.01. The molecule has 1 aromatic rings. The third-order valence-electron chi connectivity index (χ3n) is 2.38. The van der Waals surface area contributed by atoms with E-state index in [-0.39, 0.29) is 12.0 Å². The quantitative estimate of drug-likeness (QED) is 0.427. The van der Waals surface area contributed by atoms with Crippen LogP contribution in [-0.2, 0) is 4.43 Å². The van der Waals surface area contributed by atoms with E-state index in [1.807, 2.05) is 37.4 Å². The summed E-state index contributed by atoms with van der Waals surface area (Å²) in [5.74, 6) is 0.257. The molecule has 0 aromatic heterocycles. The van der Waals surface area contributed by atoms with Gasteiger partial charge in [0, 0.05) is 5.92 Å². The van der Waals surface area contributed by atoms with E-state index in [4.69, 9.17) is 15.5 Å². The van der Waals surface area contributed by atoms with Gasteiger partial charge in [0.25, 0.3) is 7.63 Å². The fourth-order valence-electron chi connectivity index (χ4n) is 1.55. The van der Waals surface area contributed by atoms with E-state index in [1.54, 1.807) is 0 Å². The second kappa shape index (κ2) is 5.67. The molecule has 0 bridgehead atoms. The van der Waals surface area contributed by atoms with Crippen LogP contribution in [0, 0.1) is 5.92 Å². The summed E-state index contributed by atoms with van der Waals surface area (Å²) in [5.41, 5.74) is 1.16. The van der Waals surface area contributed by atoms with Gasteiger partial charge in [-0.1, -0.05) is 43.3 Å². The first kappa shape index (κ1) is 13.5. The summed E-state index contributed by atoms with van der Waals surface area (Å²) in [6.45, 7) is 9.90. The molecule has 16 heavy (non-hydrogen) atoms. The molecule has 0 spiro atoms. The third kappa shape index (κ3) is 4.12. The fraction of sp³-hybridized carbons (Fsp3) is 0.385. The van der Waals surface area contributed by atoms with Crippen LogP contribution in [0.15, 0.2) is 43.0 Å². The van der Waals surface area contributed by atoms with Crippen molar-refractivity contribution in [3.63, 3.8) is 0 Å². The minimum absolute atomic E-state index is 0.0119. The normalized spacial score (nSPS) is 15.5. The van der Waals surface area contributed by atoms with Gasteiger partial charge in [-0.05, 0) is 18.7 Å². The maximum Gasteiger partial charge on any atom is 0.284 e. The molecule has 0 aliphatic carbocycles. The zero-order valence-corrected chi connectivity index (χ0v) is 11.9. The van der Waals surface area contributed by atoms with Gasteiger partial charge in [-0.2, -0.15) is 0 Å². The Morgan fingerprint density at radius 2 is 1.88 bits per heavy atom. The van der Waals surface area contributed by atoms with Crippen LogP contribution < -0.4 is 0 Å². The number of halogens is 1. The second-order valence-corrected chi connectivity index (χ2v) is 10.1. The molecule has 0 radical (unpaired) electrons. The Morgan fingerprint density at radius 3 is 2.31 bits per heavy atom. The summed E-state index contributed by atoms with van der Waals surface area (Å²) in [6, 6.07) is 10.2. The van der Waals surface area contributed by atoms with Gasteiger partial charge in [0.2, 0.25) is 0 Å². The zero-order chi connectivity index (χ0) is 12.2. The van der Waals surface area contributed by atoms with E-state index in [0.717, 1.165) is 5.56 Å². The molecule has 0 unspecified atom stereocenters. The predicted octanol–water partition coefficient (Wildman–Crippen LogP) is 4.51. The number of hydrogen-bond donors (Lipinski definition) is 0. The first-order valence-electron chi connectivity index (χ1n) is 5.48. The minimum Gasteiger partial charge on any atom is -0.395 e. The van der Waals surface area contributed by atoms with Crippen LogP contribution in [-0.4, -0.2) is 7.63 Å². The summed E-state index contributed by atoms with van der Waals surface area (Å²) in [4.78, 5) is 0. The van der Waals surface area contributed by atoms with Gasteiger partial charge in [0.15, 0.2) is 0 Å². The van der Waals surface area contributed by atoms with Gasteiger partial charge in [-0.15, -0.1) is 17.7 Å². The predicted molar refractivity (Wildman–Crippen MR) is 73.0 cm³/mol. The monoisotopic (exact) mass is 254 g/mol. The molecule has 3 heteroatoms. The molecule has 0 aliphatic heterocycles. The smallest absolute Gasteiger partial charge is 0.284 e. The second-order valence-electron chi connectivity index (χ2n) is 4.41. The Labute approximate surface area is 104 Å². The van der Waals surface area contributed by atoms with Gasteiger partial charge in [-0.3, -0.25) is 0 Å². The van der Waals surface area contributed by atoms with Crippen molar-refractivity contribution >= 4 is 18.7 Å². The van der Waals surface area contributed by atoms with E-state index in [9.17, 15) is 0 Å². The van der Waals surface area contributed by atoms with Crippen LogP contribution >= 0.6 is 11.1 Å². The Bertz CT molecular complexity index is 332. The maximum absolute atomic E-state index is 6.26. The van der Waals surface area contributed by atoms with Crippen LogP contribution in [0.5, 0.6) is 0 Å². The molecule has 0 N–H and O–H groups in total. The van der Waals surface area contributed by atoms with E-state index in [2.05, 4.69) is 25.6 Å². The van der Waals surface area contributed by atoms with Crippen molar-refractivity contribution < 1.29 is 4.43 Å². The number of benzene rings is 1. The van der Waals surface area contributed by atoms with E-state index < -0.39 is 7.63 Å². The van der Waals surface area contributed by atoms with Crippen LogP contribution in [0.2, 0.25) is 13.1 Å². The highest BCUT2D eigenvalue weighted by Crippen LogP contribution is 2.31. The highest BCUT2D eigenvalue weighted by Gasteiger charge is 2.27. The van der Waals surface area contributed by atoms with Crippen molar-refractivity contribution in [1.29, 1.82) is 0 Å². The average Bonchev–Trinajstić information content (AvgIpc) is 2.25. The Morgan fingerprint density at radius 1 is 1.31 bits per heavy atom. The molecule has 0 aliphatic rings. The highest BCUT2D eigenvalue weighted by molar-refractivity contribution is 7.15. The number of hydrogen-bond acceptors (Lipinski definition) is 1. The molecule has 2 atom stereocenters. The van der Waals surface area contributed by atoms with Crippen molar-refractivity contribution in [1.82, 2.24) is 0 Å². The maximum atomic E-state index is 6.26. The molecule has 0 saturated carbocycles. The molecule has 1 aromatic carbocycles. The minimum atomic E-state index is -2.06. The lowest BCUT2D eigenvalue weighted by molar-refractivity contribution is 0.165. The molecule has 1 nitrogen and oxygen atoms in total. The van der Waals surface area contributed by atoms with E-state index in [1.165, 1.54) is 0 Å². The summed E-state index contributed by atoms with van der Waals surface area (Å²) in [5, 5.41) is 0. The topological polar surface area (TPSA) is 9.23 Å². The lowest BCUT2D eigenvalue weighted by atomic mass is 9.98. The SMILES string of the molecule is C=C[C@@H](C)[C@H](O[Si](C)(C)Cl)c1ccccc1. The Kier molecular flexibility index (Phi) is 4.78. The zero-order valence-electron chi connectivity index (χ0n) is 10.1. The highest BCUT2D eigenvalue weighted by atomic mass is 35.6. The standard InChI is InChI=1S/C13H19ClOSi/c1-5-11(2)13(15-16(3,4)14)12-9-7-6-8-10-12/h5-11,13H,1H2,2-4H3/t11-,13+/m1/s1. The van der Waals surface area contributed by atoms with Gasteiger partial charge in [0.05, 0.1) is 6.10 Å². The lowest BCUT2D eigenvalue weighted by Gasteiger charge is -2.28. The van der Waals surface area contributed by atoms with Crippen LogP contribution in [0.1, 0.15) is 18.6 Å². The molecule has 1 rings (SSSR count). The third-order valence-corrected chi connectivity index (χ3v) is 3.47. The first-order valence-corrected chi connectivity index (χ1v) is 9.40. The molecule has 0 amide bonds. The van der Waals surface area contributed by atoms with Crippen molar-refractivity contribution in [2.75, 3.05) is 0 Å². The molecular weight excluding hydrogens is 236 g/mol. The van der Waals surface area contributed by atoms with E-state index >= 15 is 0 Å². The molecular formula is C13H19ClOSi. The van der Waals surface area contributed by atoms with Gasteiger partial charge in [0.1, 0.15) is 0 Å². The van der Waals surface area contributed by atoms with Crippen LogP contribution in [0.3, 0.4) is 0 Å². The summed E-state index contributed by atoms with van der Waals surface area (Å²) in [6.07, 6.45) is 1.92. The van der Waals surface area contributed by atoms with E-state index in [0.29, 0.717) is 0 Å². The molecule has 88 valence electrons. The van der Waals surface area contributed by atoms with Gasteiger partial charge >= 0.3 is 0 Å². The fourth-order valence-corrected chi connectivity index (χ4v) is 2.79. The Balaban J connectivity index is 2.92. The van der Waals surface area contributed by atoms with Crippen LogP contribution in [0.4, 0.5) is 0 Å². The van der Waals surface area contributed by atoms with Crippen molar-refractivity contribution in [2.45, 2.75) is 26.1 Å². The van der Waals surface area contributed by atoms with Gasteiger partial charge in [-0.25, -0.2) is 0 Å². The lowest BCUT2D eigenvalue weighted by Crippen LogP contribution is -2.28. The average molecular weight is 255 g/mol. The van der Waals surface area contributed by atoms with Crippen molar-refractivity contribution in [3.05, 3.63) is 48.6 Å². The molecule has 0 heterocycles. The largest absolute Gasteiger partial charge is 0.395 e. The van der Waals surface area contributed by atoms with Crippen molar-refractivity contribution in [2.24, 2.45) is 5.92 Å². The first-order chi connectivity index (χ1) is 7.44.